The minimum absolute atomic E-state index is 0.0323. The van der Waals surface area contributed by atoms with E-state index in [9.17, 15) is 4.79 Å². The molecular formula is C18H34N2O2. The minimum Gasteiger partial charge on any atom is -0.481 e. The van der Waals surface area contributed by atoms with Gasteiger partial charge in [-0.3, -0.25) is 4.79 Å². The molecule has 0 amide bonds. The van der Waals surface area contributed by atoms with E-state index < -0.39 is 5.97 Å². The van der Waals surface area contributed by atoms with Crippen molar-refractivity contribution >= 4 is 5.97 Å². The summed E-state index contributed by atoms with van der Waals surface area (Å²) in [7, 11) is 0. The number of unbranched alkanes of at least 4 members (excludes halogenated alkanes) is 10. The molecule has 1 rings (SSSR count). The second-order valence-electron chi connectivity index (χ2n) is 6.72. The van der Waals surface area contributed by atoms with Gasteiger partial charge in [-0.15, -0.1) is 0 Å². The molecule has 0 aromatic carbocycles. The van der Waals surface area contributed by atoms with E-state index in [1.165, 1.54) is 64.2 Å². The highest BCUT2D eigenvalue weighted by atomic mass is 16.4. The molecule has 0 radical (unpaired) electrons. The monoisotopic (exact) mass is 310 g/mol. The van der Waals surface area contributed by atoms with Gasteiger partial charge in [-0.2, -0.15) is 10.2 Å². The van der Waals surface area contributed by atoms with E-state index in [1.54, 1.807) is 0 Å². The quantitative estimate of drug-likeness (QED) is 0.350. The van der Waals surface area contributed by atoms with Gasteiger partial charge in [-0.25, -0.2) is 0 Å². The van der Waals surface area contributed by atoms with E-state index in [4.69, 9.17) is 5.11 Å². The Morgan fingerprint density at radius 2 is 1.23 bits per heavy atom. The number of carboxylic acids is 1. The van der Waals surface area contributed by atoms with Gasteiger partial charge in [0.05, 0.1) is 0 Å². The Hall–Kier alpha value is -0.930. The normalized spacial score (nSPS) is 15.1. The topological polar surface area (TPSA) is 62.0 Å². The van der Waals surface area contributed by atoms with Crippen LogP contribution in [0.2, 0.25) is 0 Å². The summed E-state index contributed by atoms with van der Waals surface area (Å²) < 4.78 is 0. The van der Waals surface area contributed by atoms with E-state index in [1.807, 2.05) is 0 Å². The molecule has 0 unspecified atom stereocenters. The average molecular weight is 310 g/mol. The first-order valence-corrected chi connectivity index (χ1v) is 9.34. The van der Waals surface area contributed by atoms with Crippen molar-refractivity contribution in [2.24, 2.45) is 10.2 Å². The molecule has 0 fully saturated rings. The van der Waals surface area contributed by atoms with Gasteiger partial charge in [-0.1, -0.05) is 64.7 Å². The smallest absolute Gasteiger partial charge is 0.303 e. The Kier molecular flexibility index (Phi) is 10.1. The molecule has 1 aliphatic heterocycles. The van der Waals surface area contributed by atoms with Crippen LogP contribution in [-0.4, -0.2) is 16.7 Å². The second kappa shape index (κ2) is 11.6. The molecular weight excluding hydrogens is 276 g/mol. The zero-order chi connectivity index (χ0) is 16.1. The van der Waals surface area contributed by atoms with Crippen molar-refractivity contribution in [1.82, 2.24) is 0 Å². The van der Waals surface area contributed by atoms with E-state index in [0.717, 1.165) is 25.7 Å². The molecule has 0 aromatic rings. The molecule has 4 nitrogen and oxygen atoms in total. The van der Waals surface area contributed by atoms with Gasteiger partial charge in [0.1, 0.15) is 0 Å². The van der Waals surface area contributed by atoms with Crippen molar-refractivity contribution in [3.8, 4) is 0 Å². The highest BCUT2D eigenvalue weighted by molar-refractivity contribution is 5.66. The van der Waals surface area contributed by atoms with Crippen molar-refractivity contribution in [3.63, 3.8) is 0 Å². The summed E-state index contributed by atoms with van der Waals surface area (Å²) in [6, 6.07) is 0. The SMILES string of the molecule is CCCCCCC1(CCCCCCCCCCC(=O)O)N=N1. The number of carboxylic acid groups (broad SMARTS) is 1. The lowest BCUT2D eigenvalue weighted by atomic mass is 9.97. The van der Waals surface area contributed by atoms with Crippen molar-refractivity contribution in [3.05, 3.63) is 0 Å². The highest BCUT2D eigenvalue weighted by Crippen LogP contribution is 2.38. The molecule has 0 saturated carbocycles. The predicted octanol–water partition coefficient (Wildman–Crippen LogP) is 6.10. The number of rotatable bonds is 16. The van der Waals surface area contributed by atoms with Gasteiger partial charge in [0.2, 0.25) is 0 Å². The predicted molar refractivity (Wildman–Crippen MR) is 90.2 cm³/mol. The zero-order valence-corrected chi connectivity index (χ0v) is 14.4. The third kappa shape index (κ3) is 9.91. The fraction of sp³-hybridized carbons (Fsp3) is 0.944. The molecule has 1 aliphatic rings. The van der Waals surface area contributed by atoms with Gasteiger partial charge >= 0.3 is 5.97 Å². The van der Waals surface area contributed by atoms with Crippen LogP contribution in [0.4, 0.5) is 0 Å². The Labute approximate surface area is 135 Å². The van der Waals surface area contributed by atoms with Gasteiger partial charge in [0, 0.05) is 6.42 Å². The molecule has 128 valence electrons. The van der Waals surface area contributed by atoms with Crippen LogP contribution in [0.1, 0.15) is 103 Å². The molecule has 0 bridgehead atoms. The van der Waals surface area contributed by atoms with E-state index in [0.29, 0.717) is 6.42 Å². The summed E-state index contributed by atoms with van der Waals surface area (Å²) in [6.45, 7) is 2.24. The van der Waals surface area contributed by atoms with Crippen LogP contribution in [0.25, 0.3) is 0 Å². The fourth-order valence-electron chi connectivity index (χ4n) is 2.98. The first kappa shape index (κ1) is 19.1. The van der Waals surface area contributed by atoms with Crippen LogP contribution in [0.15, 0.2) is 10.2 Å². The molecule has 4 heteroatoms. The Bertz CT molecular complexity index is 323. The molecule has 0 atom stereocenters. The van der Waals surface area contributed by atoms with Crippen LogP contribution in [0.3, 0.4) is 0 Å². The summed E-state index contributed by atoms with van der Waals surface area (Å²) in [5.41, 5.74) is 0.0323. The second-order valence-corrected chi connectivity index (χ2v) is 6.72. The number of hydrogen-bond donors (Lipinski definition) is 1. The van der Waals surface area contributed by atoms with Crippen molar-refractivity contribution in [2.45, 2.75) is 109 Å². The van der Waals surface area contributed by atoms with E-state index in [-0.39, 0.29) is 5.66 Å². The zero-order valence-electron chi connectivity index (χ0n) is 14.4. The summed E-state index contributed by atoms with van der Waals surface area (Å²) >= 11 is 0. The maximum atomic E-state index is 10.4. The Morgan fingerprint density at radius 1 is 0.773 bits per heavy atom. The number of carbonyl (C=O) groups is 1. The maximum absolute atomic E-state index is 10.4. The molecule has 0 saturated heterocycles. The maximum Gasteiger partial charge on any atom is 0.303 e. The van der Waals surface area contributed by atoms with Gasteiger partial charge in [-0.05, 0) is 32.1 Å². The Morgan fingerprint density at radius 3 is 1.68 bits per heavy atom. The summed E-state index contributed by atoms with van der Waals surface area (Å²) in [5.74, 6) is -0.667. The molecule has 22 heavy (non-hydrogen) atoms. The molecule has 1 N–H and O–H groups in total. The lowest BCUT2D eigenvalue weighted by Gasteiger charge is -2.10. The number of hydrogen-bond acceptors (Lipinski definition) is 3. The van der Waals surface area contributed by atoms with Gasteiger partial charge < -0.3 is 5.11 Å². The van der Waals surface area contributed by atoms with Gasteiger partial charge in [0.25, 0.3) is 0 Å². The third-order valence-corrected chi connectivity index (χ3v) is 4.53. The van der Waals surface area contributed by atoms with Crippen LogP contribution < -0.4 is 0 Å². The lowest BCUT2D eigenvalue weighted by molar-refractivity contribution is -0.137. The lowest BCUT2D eigenvalue weighted by Crippen LogP contribution is -2.10. The summed E-state index contributed by atoms with van der Waals surface area (Å²) in [6.07, 6.45) is 17.3. The van der Waals surface area contributed by atoms with Crippen molar-refractivity contribution < 1.29 is 9.90 Å². The molecule has 1 heterocycles. The van der Waals surface area contributed by atoms with Crippen molar-refractivity contribution in [1.29, 1.82) is 0 Å². The van der Waals surface area contributed by atoms with Crippen LogP contribution in [0.5, 0.6) is 0 Å². The first-order valence-electron chi connectivity index (χ1n) is 9.34. The first-order chi connectivity index (χ1) is 10.7. The summed E-state index contributed by atoms with van der Waals surface area (Å²) in [5, 5.41) is 17.1. The number of aliphatic carboxylic acids is 1. The van der Waals surface area contributed by atoms with Gasteiger partial charge in [0.15, 0.2) is 5.66 Å². The summed E-state index contributed by atoms with van der Waals surface area (Å²) in [4.78, 5) is 10.4. The minimum atomic E-state index is -0.667. The number of nitrogens with zero attached hydrogens (tertiary/aromatic N) is 2. The molecule has 0 spiro atoms. The van der Waals surface area contributed by atoms with Crippen molar-refractivity contribution in [2.75, 3.05) is 0 Å². The standard InChI is InChI=1S/C18H34N2O2/c1-2-3-4-12-15-18(19-20-18)16-13-10-8-6-5-7-9-11-14-17(21)22/h2-16H2,1H3,(H,21,22). The molecule has 0 aromatic heterocycles. The molecule has 0 aliphatic carbocycles. The van der Waals surface area contributed by atoms with E-state index in [2.05, 4.69) is 17.2 Å². The largest absolute Gasteiger partial charge is 0.481 e. The fourth-order valence-corrected chi connectivity index (χ4v) is 2.98. The average Bonchev–Trinajstić information content (AvgIpc) is 3.26. The van der Waals surface area contributed by atoms with Crippen LogP contribution in [-0.2, 0) is 4.79 Å². The van der Waals surface area contributed by atoms with Crippen LogP contribution >= 0.6 is 0 Å². The Balaban J connectivity index is 1.82. The third-order valence-electron chi connectivity index (χ3n) is 4.53. The highest BCUT2D eigenvalue weighted by Gasteiger charge is 2.38. The van der Waals surface area contributed by atoms with Crippen LogP contribution in [0, 0.1) is 0 Å². The van der Waals surface area contributed by atoms with E-state index >= 15 is 0 Å².